The Bertz CT molecular complexity index is 1350. The Morgan fingerprint density at radius 2 is 1.54 bits per heavy atom. The van der Waals surface area contributed by atoms with E-state index in [0.717, 1.165) is 34.0 Å². The molecule has 39 heavy (non-hydrogen) atoms. The number of carbonyl (C=O) groups is 2. The van der Waals surface area contributed by atoms with Crippen molar-refractivity contribution in [3.8, 4) is 0 Å². The van der Waals surface area contributed by atoms with Gasteiger partial charge in [0, 0.05) is 12.6 Å². The van der Waals surface area contributed by atoms with Gasteiger partial charge in [-0.15, -0.1) is 0 Å². The molecule has 2 atom stereocenters. The van der Waals surface area contributed by atoms with Crippen molar-refractivity contribution in [3.63, 3.8) is 0 Å². The van der Waals surface area contributed by atoms with Gasteiger partial charge in [-0.3, -0.25) is 13.9 Å². The lowest BCUT2D eigenvalue weighted by atomic mass is 10.1. The second kappa shape index (κ2) is 13.4. The largest absolute Gasteiger partial charge is 0.352 e. The zero-order valence-corrected chi connectivity index (χ0v) is 23.6. The van der Waals surface area contributed by atoms with Crippen LogP contribution < -0.4 is 9.62 Å². The number of anilines is 1. The quantitative estimate of drug-likeness (QED) is 0.352. The lowest BCUT2D eigenvalue weighted by molar-refractivity contribution is -0.139. The Kier molecular flexibility index (Phi) is 10.2. The Balaban J connectivity index is 1.96. The number of aryl methyl sites for hydroxylation is 1. The molecule has 3 aromatic rings. The number of halogens is 1. The van der Waals surface area contributed by atoms with Crippen LogP contribution in [0, 0.1) is 12.7 Å². The predicted octanol–water partition coefficient (Wildman–Crippen LogP) is 4.70. The summed E-state index contributed by atoms with van der Waals surface area (Å²) in [7, 11) is -4.19. The third-order valence-electron chi connectivity index (χ3n) is 6.65. The molecule has 0 heterocycles. The first-order chi connectivity index (χ1) is 18.5. The van der Waals surface area contributed by atoms with Crippen LogP contribution in [0.3, 0.4) is 0 Å². The molecule has 0 aliphatic heterocycles. The number of rotatable bonds is 12. The minimum atomic E-state index is -4.19. The number of amides is 2. The Labute approximate surface area is 230 Å². The van der Waals surface area contributed by atoms with Crippen LogP contribution in [0.5, 0.6) is 0 Å². The molecule has 3 rings (SSSR count). The predicted molar refractivity (Wildman–Crippen MR) is 151 cm³/mol. The summed E-state index contributed by atoms with van der Waals surface area (Å²) in [5, 5.41) is 2.91. The number of sulfonamides is 1. The van der Waals surface area contributed by atoms with E-state index in [4.69, 9.17) is 0 Å². The van der Waals surface area contributed by atoms with E-state index < -0.39 is 34.3 Å². The van der Waals surface area contributed by atoms with Crippen LogP contribution >= 0.6 is 0 Å². The minimum Gasteiger partial charge on any atom is -0.352 e. The molecule has 1 N–H and O–H groups in total. The normalized spacial score (nSPS) is 12.8. The van der Waals surface area contributed by atoms with Gasteiger partial charge in [0.05, 0.1) is 10.6 Å². The summed E-state index contributed by atoms with van der Waals surface area (Å²) >= 11 is 0. The van der Waals surface area contributed by atoms with E-state index in [1.807, 2.05) is 51.1 Å². The van der Waals surface area contributed by atoms with Crippen molar-refractivity contribution in [2.45, 2.75) is 57.5 Å². The van der Waals surface area contributed by atoms with E-state index in [9.17, 15) is 22.4 Å². The average Bonchev–Trinajstić information content (AvgIpc) is 2.93. The highest BCUT2D eigenvalue weighted by atomic mass is 32.2. The van der Waals surface area contributed by atoms with Gasteiger partial charge in [0.15, 0.2) is 0 Å². The third kappa shape index (κ3) is 7.89. The van der Waals surface area contributed by atoms with Gasteiger partial charge in [-0.05, 0) is 75.6 Å². The molecule has 3 aromatic carbocycles. The number of nitrogens with one attached hydrogen (secondary N) is 1. The van der Waals surface area contributed by atoms with E-state index in [2.05, 4.69) is 5.32 Å². The van der Waals surface area contributed by atoms with Gasteiger partial charge < -0.3 is 10.2 Å². The summed E-state index contributed by atoms with van der Waals surface area (Å²) in [4.78, 5) is 28.3. The molecule has 2 unspecified atom stereocenters. The van der Waals surface area contributed by atoms with Crippen LogP contribution in [0.25, 0.3) is 0 Å². The highest BCUT2D eigenvalue weighted by Crippen LogP contribution is 2.25. The number of hydrogen-bond acceptors (Lipinski definition) is 4. The van der Waals surface area contributed by atoms with Gasteiger partial charge in [-0.25, -0.2) is 12.8 Å². The van der Waals surface area contributed by atoms with E-state index >= 15 is 0 Å². The third-order valence-corrected chi connectivity index (χ3v) is 8.44. The Hall–Kier alpha value is -3.72. The summed E-state index contributed by atoms with van der Waals surface area (Å²) in [5.74, 6) is -1.39. The summed E-state index contributed by atoms with van der Waals surface area (Å²) in [6, 6.07) is 19.8. The first kappa shape index (κ1) is 29.8. The van der Waals surface area contributed by atoms with Gasteiger partial charge in [-0.1, -0.05) is 55.0 Å². The maximum absolute atomic E-state index is 13.8. The van der Waals surface area contributed by atoms with Crippen molar-refractivity contribution >= 4 is 27.5 Å². The van der Waals surface area contributed by atoms with Crippen LogP contribution in [-0.4, -0.2) is 50.3 Å². The first-order valence-electron chi connectivity index (χ1n) is 13.0. The molecule has 7 nitrogen and oxygen atoms in total. The molecule has 0 saturated carbocycles. The lowest BCUT2D eigenvalue weighted by Crippen LogP contribution is -2.53. The zero-order chi connectivity index (χ0) is 28.6. The zero-order valence-electron chi connectivity index (χ0n) is 22.8. The number of carbonyl (C=O) groups excluding carboxylic acids is 2. The second-order valence-corrected chi connectivity index (χ2v) is 11.5. The Morgan fingerprint density at radius 3 is 2.13 bits per heavy atom. The van der Waals surface area contributed by atoms with Crippen molar-refractivity contribution in [3.05, 3.63) is 95.8 Å². The van der Waals surface area contributed by atoms with Gasteiger partial charge in [0.25, 0.3) is 10.0 Å². The topological polar surface area (TPSA) is 86.8 Å². The monoisotopic (exact) mass is 553 g/mol. The van der Waals surface area contributed by atoms with Crippen molar-refractivity contribution in [1.29, 1.82) is 0 Å². The molecule has 208 valence electrons. The smallest absolute Gasteiger partial charge is 0.264 e. The molecule has 0 aliphatic carbocycles. The van der Waals surface area contributed by atoms with E-state index in [-0.39, 0.29) is 29.1 Å². The summed E-state index contributed by atoms with van der Waals surface area (Å²) in [6.45, 7) is 6.96. The SMILES string of the molecule is CCC(C)NC(=O)C(C)N(CCc1ccccc1)C(=O)CN(c1ccc(F)cc1)S(=O)(=O)c1ccc(C)cc1. The maximum atomic E-state index is 13.8. The van der Waals surface area contributed by atoms with E-state index in [0.29, 0.717) is 6.42 Å². The highest BCUT2D eigenvalue weighted by Gasteiger charge is 2.32. The lowest BCUT2D eigenvalue weighted by Gasteiger charge is -2.32. The molecule has 9 heteroatoms. The van der Waals surface area contributed by atoms with Crippen molar-refractivity contribution in [2.24, 2.45) is 0 Å². The number of nitrogens with zero attached hydrogens (tertiary/aromatic N) is 2. The average molecular weight is 554 g/mol. The minimum absolute atomic E-state index is 0.00335. The van der Waals surface area contributed by atoms with Crippen LogP contribution in [0.4, 0.5) is 10.1 Å². The molecule has 0 aliphatic rings. The van der Waals surface area contributed by atoms with Crippen LogP contribution in [-0.2, 0) is 26.0 Å². The van der Waals surface area contributed by atoms with Crippen LogP contribution in [0.1, 0.15) is 38.3 Å². The molecule has 0 aromatic heterocycles. The molecule has 0 radical (unpaired) electrons. The molecule has 0 saturated heterocycles. The van der Waals surface area contributed by atoms with Gasteiger partial charge in [0.1, 0.15) is 18.4 Å². The fourth-order valence-electron chi connectivity index (χ4n) is 4.01. The van der Waals surface area contributed by atoms with Crippen molar-refractivity contribution < 1.29 is 22.4 Å². The molecule has 0 bridgehead atoms. The van der Waals surface area contributed by atoms with E-state index in [1.165, 1.54) is 29.2 Å². The molecular weight excluding hydrogens is 517 g/mol. The summed E-state index contributed by atoms with van der Waals surface area (Å²) < 4.78 is 42.1. The number of hydrogen-bond donors (Lipinski definition) is 1. The standard InChI is InChI=1S/C30H36FN3O4S/c1-5-23(3)32-30(36)24(4)33(20-19-25-9-7-6-8-10-25)29(35)21-34(27-15-13-26(31)14-16-27)39(37,38)28-17-11-22(2)12-18-28/h6-18,23-24H,5,19-21H2,1-4H3,(H,32,36). The van der Waals surface area contributed by atoms with Crippen molar-refractivity contribution in [1.82, 2.24) is 10.2 Å². The fraction of sp³-hybridized carbons (Fsp3) is 0.333. The maximum Gasteiger partial charge on any atom is 0.264 e. The fourth-order valence-corrected chi connectivity index (χ4v) is 5.42. The highest BCUT2D eigenvalue weighted by molar-refractivity contribution is 7.92. The van der Waals surface area contributed by atoms with E-state index in [1.54, 1.807) is 19.1 Å². The molecule has 0 spiro atoms. The summed E-state index contributed by atoms with van der Waals surface area (Å²) in [6.07, 6.45) is 1.21. The van der Waals surface area contributed by atoms with Crippen LogP contribution in [0.2, 0.25) is 0 Å². The van der Waals surface area contributed by atoms with Crippen LogP contribution in [0.15, 0.2) is 83.8 Å². The van der Waals surface area contributed by atoms with Gasteiger partial charge >= 0.3 is 0 Å². The second-order valence-electron chi connectivity index (χ2n) is 9.62. The summed E-state index contributed by atoms with van der Waals surface area (Å²) in [5.41, 5.74) is 2.00. The Morgan fingerprint density at radius 1 is 0.923 bits per heavy atom. The first-order valence-corrected chi connectivity index (χ1v) is 14.5. The molecule has 2 amide bonds. The number of benzene rings is 3. The molecular formula is C30H36FN3O4S. The van der Waals surface area contributed by atoms with Gasteiger partial charge in [-0.2, -0.15) is 0 Å². The molecule has 0 fully saturated rings. The van der Waals surface area contributed by atoms with Gasteiger partial charge in [0.2, 0.25) is 11.8 Å². The van der Waals surface area contributed by atoms with Crippen molar-refractivity contribution in [2.75, 3.05) is 17.4 Å².